The minimum atomic E-state index is -0.153. The Kier molecular flexibility index (Phi) is 6.95. The van der Waals surface area contributed by atoms with Crippen LogP contribution in [0.4, 0.5) is 0 Å². The molecule has 0 unspecified atom stereocenters. The van der Waals surface area contributed by atoms with Gasteiger partial charge in [-0.2, -0.15) is 0 Å². The number of carbonyl (C=O) groups is 1. The van der Waals surface area contributed by atoms with Crippen molar-refractivity contribution in [3.63, 3.8) is 0 Å². The number of aromatic amines is 1. The van der Waals surface area contributed by atoms with Gasteiger partial charge in [0.2, 0.25) is 5.91 Å². The van der Waals surface area contributed by atoms with Crippen molar-refractivity contribution in [3.8, 4) is 0 Å². The lowest BCUT2D eigenvalue weighted by atomic mass is 10.0. The molecule has 4 rings (SSSR count). The maximum atomic E-state index is 13.0. The lowest BCUT2D eigenvalue weighted by molar-refractivity contribution is -0.125. The van der Waals surface area contributed by atoms with Crippen molar-refractivity contribution in [3.05, 3.63) is 59.2 Å². The van der Waals surface area contributed by atoms with Gasteiger partial charge in [0, 0.05) is 32.0 Å². The normalized spacial score (nSPS) is 19.2. The summed E-state index contributed by atoms with van der Waals surface area (Å²) in [4.78, 5) is 23.4. The molecule has 1 saturated heterocycles. The second-order valence-electron chi connectivity index (χ2n) is 8.19. The highest BCUT2D eigenvalue weighted by Gasteiger charge is 2.37. The molecule has 0 saturated carbocycles. The largest absolute Gasteiger partial charge is 0.383 e. The summed E-state index contributed by atoms with van der Waals surface area (Å²) < 4.78 is 5.09. The van der Waals surface area contributed by atoms with Crippen molar-refractivity contribution in [2.45, 2.75) is 43.3 Å². The van der Waals surface area contributed by atoms with E-state index in [0.29, 0.717) is 18.4 Å². The average Bonchev–Trinajstić information content (AvgIpc) is 3.33. The SMILES string of the molecule is COCCNC(=O)[C@@H]1C[C@H](Sc2nc3ccccc3[nH]2)CN1Cc1ccc(C)cc1C. The first-order valence-electron chi connectivity index (χ1n) is 10.7. The highest BCUT2D eigenvalue weighted by Crippen LogP contribution is 2.33. The van der Waals surface area contributed by atoms with Gasteiger partial charge >= 0.3 is 0 Å². The van der Waals surface area contributed by atoms with Gasteiger partial charge in [0.05, 0.1) is 23.7 Å². The molecule has 2 heterocycles. The number of fused-ring (bicyclic) bond motifs is 1. The van der Waals surface area contributed by atoms with Crippen molar-refractivity contribution in [1.82, 2.24) is 20.2 Å². The number of ether oxygens (including phenoxy) is 1. The predicted octanol–water partition coefficient (Wildman–Crippen LogP) is 3.68. The number of hydrogen-bond donors (Lipinski definition) is 2. The number of amides is 1. The first kappa shape index (κ1) is 21.9. The molecule has 0 radical (unpaired) electrons. The highest BCUT2D eigenvalue weighted by atomic mass is 32.2. The number of nitrogens with one attached hydrogen (secondary N) is 2. The topological polar surface area (TPSA) is 70.2 Å². The Bertz CT molecular complexity index is 1020. The number of methoxy groups -OCH3 is 1. The molecular weight excluding hydrogens is 408 g/mol. The van der Waals surface area contributed by atoms with Crippen molar-refractivity contribution in [2.24, 2.45) is 0 Å². The maximum absolute atomic E-state index is 13.0. The molecule has 1 aliphatic heterocycles. The molecule has 3 aromatic rings. The van der Waals surface area contributed by atoms with Crippen LogP contribution in [0.1, 0.15) is 23.1 Å². The molecule has 0 bridgehead atoms. The quantitative estimate of drug-likeness (QED) is 0.525. The second-order valence-corrected chi connectivity index (χ2v) is 9.48. The average molecular weight is 439 g/mol. The Hall–Kier alpha value is -2.35. The zero-order chi connectivity index (χ0) is 21.8. The van der Waals surface area contributed by atoms with Crippen LogP contribution in [-0.4, -0.2) is 58.9 Å². The van der Waals surface area contributed by atoms with Crippen LogP contribution < -0.4 is 5.32 Å². The van der Waals surface area contributed by atoms with Gasteiger partial charge in [-0.05, 0) is 43.5 Å². The number of aryl methyl sites for hydroxylation is 2. The molecule has 2 atom stereocenters. The molecule has 1 amide bonds. The number of carbonyl (C=O) groups excluding carboxylic acids is 1. The maximum Gasteiger partial charge on any atom is 0.237 e. The second kappa shape index (κ2) is 9.85. The molecule has 7 heteroatoms. The Morgan fingerprint density at radius 3 is 2.90 bits per heavy atom. The molecule has 164 valence electrons. The van der Waals surface area contributed by atoms with Crippen molar-refractivity contribution >= 4 is 28.7 Å². The zero-order valence-corrected chi connectivity index (χ0v) is 19.2. The summed E-state index contributed by atoms with van der Waals surface area (Å²) in [7, 11) is 1.65. The van der Waals surface area contributed by atoms with Gasteiger partial charge in [-0.1, -0.05) is 47.7 Å². The van der Waals surface area contributed by atoms with Gasteiger partial charge in [0.1, 0.15) is 0 Å². The lowest BCUT2D eigenvalue weighted by Crippen LogP contribution is -2.43. The van der Waals surface area contributed by atoms with Crippen molar-refractivity contribution in [1.29, 1.82) is 0 Å². The number of likely N-dealkylation sites (tertiary alicyclic amines) is 1. The molecule has 0 spiro atoms. The Labute approximate surface area is 187 Å². The van der Waals surface area contributed by atoms with Gasteiger partial charge in [0.15, 0.2) is 5.16 Å². The van der Waals surface area contributed by atoms with E-state index in [4.69, 9.17) is 9.72 Å². The van der Waals surface area contributed by atoms with E-state index in [2.05, 4.69) is 47.2 Å². The third-order valence-corrected chi connectivity index (χ3v) is 6.88. The number of imidazole rings is 1. The Balaban J connectivity index is 1.49. The summed E-state index contributed by atoms with van der Waals surface area (Å²) in [5.41, 5.74) is 5.82. The van der Waals surface area contributed by atoms with E-state index in [1.54, 1.807) is 18.9 Å². The van der Waals surface area contributed by atoms with Crippen LogP contribution in [0, 0.1) is 13.8 Å². The molecule has 1 aliphatic rings. The van der Waals surface area contributed by atoms with Crippen LogP contribution in [0.5, 0.6) is 0 Å². The van der Waals surface area contributed by atoms with E-state index in [0.717, 1.165) is 35.7 Å². The number of hydrogen-bond acceptors (Lipinski definition) is 5. The van der Waals surface area contributed by atoms with E-state index in [9.17, 15) is 4.79 Å². The van der Waals surface area contributed by atoms with E-state index < -0.39 is 0 Å². The van der Waals surface area contributed by atoms with Gasteiger partial charge in [-0.25, -0.2) is 4.98 Å². The number of para-hydroxylation sites is 2. The number of nitrogens with zero attached hydrogens (tertiary/aromatic N) is 2. The number of benzene rings is 2. The smallest absolute Gasteiger partial charge is 0.237 e. The standard InChI is InChI=1S/C24H30N4O2S/c1-16-8-9-18(17(2)12-16)14-28-15-19(13-22(28)23(29)25-10-11-30-3)31-24-26-20-6-4-5-7-21(20)27-24/h4-9,12,19,22H,10-11,13-15H2,1-3H3,(H,25,29)(H,26,27)/t19-,22-/m0/s1. The van der Waals surface area contributed by atoms with Gasteiger partial charge in [-0.15, -0.1) is 0 Å². The zero-order valence-electron chi connectivity index (χ0n) is 18.4. The first-order valence-corrected chi connectivity index (χ1v) is 11.6. The monoisotopic (exact) mass is 438 g/mol. The van der Waals surface area contributed by atoms with Crippen LogP contribution in [-0.2, 0) is 16.1 Å². The van der Waals surface area contributed by atoms with Crippen LogP contribution in [0.3, 0.4) is 0 Å². The fourth-order valence-corrected chi connectivity index (χ4v) is 5.35. The number of thioether (sulfide) groups is 1. The number of rotatable bonds is 8. The van der Waals surface area contributed by atoms with E-state index in [-0.39, 0.29) is 11.9 Å². The lowest BCUT2D eigenvalue weighted by Gasteiger charge is -2.24. The summed E-state index contributed by atoms with van der Waals surface area (Å²) in [6, 6.07) is 14.5. The molecule has 0 aliphatic carbocycles. The Morgan fingerprint density at radius 2 is 2.13 bits per heavy atom. The minimum Gasteiger partial charge on any atom is -0.383 e. The van der Waals surface area contributed by atoms with Gasteiger partial charge in [-0.3, -0.25) is 9.69 Å². The van der Waals surface area contributed by atoms with E-state index in [1.165, 1.54) is 16.7 Å². The summed E-state index contributed by atoms with van der Waals surface area (Å²) in [5, 5.41) is 4.24. The number of H-pyrrole nitrogens is 1. The predicted molar refractivity (Wildman–Crippen MR) is 125 cm³/mol. The summed E-state index contributed by atoms with van der Waals surface area (Å²) in [6.45, 7) is 6.92. The third kappa shape index (κ3) is 5.29. The van der Waals surface area contributed by atoms with Gasteiger partial charge in [0.25, 0.3) is 0 Å². The van der Waals surface area contributed by atoms with Crippen LogP contribution >= 0.6 is 11.8 Å². The Morgan fingerprint density at radius 1 is 1.29 bits per heavy atom. The van der Waals surface area contributed by atoms with E-state index in [1.807, 2.05) is 24.3 Å². The molecule has 2 N–H and O–H groups in total. The van der Waals surface area contributed by atoms with Crippen LogP contribution in [0.15, 0.2) is 47.6 Å². The summed E-state index contributed by atoms with van der Waals surface area (Å²) in [5.74, 6) is 0.0783. The molecule has 1 fully saturated rings. The third-order valence-electron chi connectivity index (χ3n) is 5.79. The number of aromatic nitrogens is 2. The molecule has 6 nitrogen and oxygen atoms in total. The molecule has 2 aromatic carbocycles. The molecule has 1 aromatic heterocycles. The molecule has 31 heavy (non-hydrogen) atoms. The van der Waals surface area contributed by atoms with Gasteiger partial charge < -0.3 is 15.0 Å². The minimum absolute atomic E-state index is 0.0783. The van der Waals surface area contributed by atoms with Crippen molar-refractivity contribution < 1.29 is 9.53 Å². The summed E-state index contributed by atoms with van der Waals surface area (Å²) in [6.07, 6.45) is 0.797. The van der Waals surface area contributed by atoms with E-state index >= 15 is 0 Å². The van der Waals surface area contributed by atoms with Crippen LogP contribution in [0.25, 0.3) is 11.0 Å². The fourth-order valence-electron chi connectivity index (χ4n) is 4.17. The summed E-state index contributed by atoms with van der Waals surface area (Å²) >= 11 is 1.73. The fraction of sp³-hybridized carbons (Fsp3) is 0.417. The highest BCUT2D eigenvalue weighted by molar-refractivity contribution is 7.99. The molecular formula is C24H30N4O2S. The van der Waals surface area contributed by atoms with Crippen molar-refractivity contribution in [2.75, 3.05) is 26.8 Å². The first-order chi connectivity index (χ1) is 15.0. The van der Waals surface area contributed by atoms with Crippen LogP contribution in [0.2, 0.25) is 0 Å².